The highest BCUT2D eigenvalue weighted by atomic mass is 16.2. The van der Waals surface area contributed by atoms with Crippen LogP contribution in [-0.2, 0) is 11.3 Å². The number of benzene rings is 1. The second-order valence-corrected chi connectivity index (χ2v) is 6.98. The van der Waals surface area contributed by atoms with Crippen LogP contribution >= 0.6 is 0 Å². The summed E-state index contributed by atoms with van der Waals surface area (Å²) in [5.74, 6) is 1.13. The summed E-state index contributed by atoms with van der Waals surface area (Å²) in [6.45, 7) is 6.80. The molecule has 0 radical (unpaired) electrons. The van der Waals surface area contributed by atoms with Crippen LogP contribution in [0.2, 0.25) is 0 Å². The summed E-state index contributed by atoms with van der Waals surface area (Å²) >= 11 is 0. The Morgan fingerprint density at radius 3 is 2.35 bits per heavy atom. The number of likely N-dealkylation sites (tertiary alicyclic amines) is 1. The summed E-state index contributed by atoms with van der Waals surface area (Å²) < 4.78 is 1.79. The summed E-state index contributed by atoms with van der Waals surface area (Å²) in [6, 6.07) is 9.95. The van der Waals surface area contributed by atoms with Crippen molar-refractivity contribution in [2.75, 3.05) is 45.8 Å². The first-order chi connectivity index (χ1) is 12.8. The van der Waals surface area contributed by atoms with Gasteiger partial charge in [-0.05, 0) is 35.4 Å². The molecule has 1 aromatic carbocycles. The minimum Gasteiger partial charge on any atom is -0.342 e. The Bertz CT molecular complexity index is 718. The number of para-hydroxylation sites is 1. The molecule has 2 fully saturated rings. The predicted molar refractivity (Wildman–Crippen MR) is 96.7 cm³/mol. The van der Waals surface area contributed by atoms with Gasteiger partial charge in [-0.15, -0.1) is 5.10 Å². The van der Waals surface area contributed by atoms with Gasteiger partial charge in [0, 0.05) is 39.3 Å². The largest absolute Gasteiger partial charge is 0.342 e. The molecule has 0 atom stereocenters. The van der Waals surface area contributed by atoms with Crippen LogP contribution < -0.4 is 0 Å². The molecule has 0 saturated carbocycles. The van der Waals surface area contributed by atoms with Crippen LogP contribution in [-0.4, -0.2) is 86.6 Å². The smallest absolute Gasteiger partial charge is 0.236 e. The lowest BCUT2D eigenvalue weighted by Gasteiger charge is -2.34. The van der Waals surface area contributed by atoms with Crippen molar-refractivity contribution in [3.05, 3.63) is 36.2 Å². The second-order valence-electron chi connectivity index (χ2n) is 6.98. The molecule has 0 N–H and O–H groups in total. The third-order valence-electron chi connectivity index (χ3n) is 5.18. The van der Waals surface area contributed by atoms with Gasteiger partial charge in [-0.25, -0.2) is 0 Å². The van der Waals surface area contributed by atoms with Gasteiger partial charge < -0.3 is 4.90 Å². The minimum absolute atomic E-state index is 0.281. The highest BCUT2D eigenvalue weighted by Gasteiger charge is 2.24. The first kappa shape index (κ1) is 17.1. The molecule has 2 aliphatic rings. The molecule has 0 unspecified atom stereocenters. The van der Waals surface area contributed by atoms with Gasteiger partial charge in [-0.3, -0.25) is 14.6 Å². The van der Waals surface area contributed by atoms with Crippen LogP contribution in [0.15, 0.2) is 30.3 Å². The van der Waals surface area contributed by atoms with E-state index >= 15 is 0 Å². The zero-order valence-electron chi connectivity index (χ0n) is 15.0. The van der Waals surface area contributed by atoms with E-state index in [2.05, 4.69) is 25.3 Å². The van der Waals surface area contributed by atoms with Crippen molar-refractivity contribution >= 4 is 5.91 Å². The number of tetrazole rings is 1. The molecule has 138 valence electrons. The summed E-state index contributed by atoms with van der Waals surface area (Å²) in [6.07, 6.45) is 2.30. The highest BCUT2D eigenvalue weighted by Crippen LogP contribution is 2.12. The summed E-state index contributed by atoms with van der Waals surface area (Å²) in [5.41, 5.74) is 0.974. The van der Waals surface area contributed by atoms with E-state index in [1.54, 1.807) is 4.68 Å². The standard InChI is InChI=1S/C18H25N7O/c26-18(24-8-4-5-9-24)15-23-12-10-22(11-13-23)14-17-19-20-21-25(17)16-6-2-1-3-7-16/h1-3,6-7H,4-5,8-15H2. The fraction of sp³-hybridized carbons (Fsp3) is 0.556. The third-order valence-corrected chi connectivity index (χ3v) is 5.18. The van der Waals surface area contributed by atoms with Crippen LogP contribution in [0.3, 0.4) is 0 Å². The van der Waals surface area contributed by atoms with E-state index in [0.717, 1.165) is 70.2 Å². The van der Waals surface area contributed by atoms with Crippen molar-refractivity contribution < 1.29 is 4.79 Å². The number of aromatic nitrogens is 4. The molecule has 8 heteroatoms. The maximum absolute atomic E-state index is 12.3. The molecule has 1 amide bonds. The lowest BCUT2D eigenvalue weighted by Crippen LogP contribution is -2.49. The molecule has 0 aliphatic carbocycles. The third kappa shape index (κ3) is 3.91. The molecular formula is C18H25N7O. The zero-order valence-corrected chi connectivity index (χ0v) is 15.0. The van der Waals surface area contributed by atoms with Gasteiger partial charge in [-0.2, -0.15) is 4.68 Å². The molecule has 0 spiro atoms. The maximum Gasteiger partial charge on any atom is 0.236 e. The van der Waals surface area contributed by atoms with Crippen LogP contribution in [0.1, 0.15) is 18.7 Å². The maximum atomic E-state index is 12.3. The van der Waals surface area contributed by atoms with Gasteiger partial charge in [0.1, 0.15) is 0 Å². The number of piperazine rings is 1. The molecule has 26 heavy (non-hydrogen) atoms. The van der Waals surface area contributed by atoms with E-state index in [4.69, 9.17) is 0 Å². The van der Waals surface area contributed by atoms with Crippen LogP contribution in [0.25, 0.3) is 5.69 Å². The summed E-state index contributed by atoms with van der Waals surface area (Å²) in [5, 5.41) is 12.1. The first-order valence-corrected chi connectivity index (χ1v) is 9.35. The quantitative estimate of drug-likeness (QED) is 0.773. The molecule has 8 nitrogen and oxygen atoms in total. The minimum atomic E-state index is 0.281. The lowest BCUT2D eigenvalue weighted by molar-refractivity contribution is -0.131. The molecule has 2 saturated heterocycles. The van der Waals surface area contributed by atoms with Crippen molar-refractivity contribution in [3.8, 4) is 5.69 Å². The molecule has 2 aliphatic heterocycles. The van der Waals surface area contributed by atoms with E-state index in [1.807, 2.05) is 35.2 Å². The Kier molecular flexibility index (Phi) is 5.21. The summed E-state index contributed by atoms with van der Waals surface area (Å²) in [4.78, 5) is 18.9. The molecule has 3 heterocycles. The van der Waals surface area contributed by atoms with Crippen molar-refractivity contribution in [3.63, 3.8) is 0 Å². The second kappa shape index (κ2) is 7.92. The highest BCUT2D eigenvalue weighted by molar-refractivity contribution is 5.78. The Morgan fingerprint density at radius 2 is 1.62 bits per heavy atom. The SMILES string of the molecule is O=C(CN1CCN(Cc2nnnn2-c2ccccc2)CC1)N1CCCC1. The van der Waals surface area contributed by atoms with Crippen molar-refractivity contribution in [1.82, 2.24) is 34.9 Å². The van der Waals surface area contributed by atoms with E-state index in [9.17, 15) is 4.79 Å². The Morgan fingerprint density at radius 1 is 0.923 bits per heavy atom. The number of nitrogens with zero attached hydrogens (tertiary/aromatic N) is 7. The molecular weight excluding hydrogens is 330 g/mol. The normalized spacial score (nSPS) is 19.2. The fourth-order valence-electron chi connectivity index (χ4n) is 3.64. The van der Waals surface area contributed by atoms with Gasteiger partial charge in [0.25, 0.3) is 0 Å². The van der Waals surface area contributed by atoms with Gasteiger partial charge in [0.15, 0.2) is 5.82 Å². The van der Waals surface area contributed by atoms with E-state index < -0.39 is 0 Å². The zero-order chi connectivity index (χ0) is 17.8. The molecule has 1 aromatic heterocycles. The number of amides is 1. The Labute approximate surface area is 153 Å². The van der Waals surface area contributed by atoms with Gasteiger partial charge in [-0.1, -0.05) is 18.2 Å². The topological polar surface area (TPSA) is 70.4 Å². The van der Waals surface area contributed by atoms with Gasteiger partial charge in [0.05, 0.1) is 18.8 Å². The number of hydrogen-bond acceptors (Lipinski definition) is 6. The fourth-order valence-corrected chi connectivity index (χ4v) is 3.64. The van der Waals surface area contributed by atoms with Gasteiger partial charge >= 0.3 is 0 Å². The number of hydrogen-bond donors (Lipinski definition) is 0. The number of rotatable bonds is 5. The van der Waals surface area contributed by atoms with Crippen LogP contribution in [0.4, 0.5) is 0 Å². The van der Waals surface area contributed by atoms with Crippen molar-refractivity contribution in [1.29, 1.82) is 0 Å². The van der Waals surface area contributed by atoms with E-state index in [0.29, 0.717) is 6.54 Å². The van der Waals surface area contributed by atoms with Crippen molar-refractivity contribution in [2.24, 2.45) is 0 Å². The Hall–Kier alpha value is -2.32. The van der Waals surface area contributed by atoms with Gasteiger partial charge in [0.2, 0.25) is 5.91 Å². The van der Waals surface area contributed by atoms with Crippen molar-refractivity contribution in [2.45, 2.75) is 19.4 Å². The monoisotopic (exact) mass is 355 g/mol. The molecule has 2 aromatic rings. The number of carbonyl (C=O) groups is 1. The van der Waals surface area contributed by atoms with Crippen LogP contribution in [0.5, 0.6) is 0 Å². The van der Waals surface area contributed by atoms with Crippen LogP contribution in [0, 0.1) is 0 Å². The molecule has 4 rings (SSSR count). The first-order valence-electron chi connectivity index (χ1n) is 9.35. The predicted octanol–water partition coefficient (Wildman–Crippen LogP) is 0.402. The van der Waals surface area contributed by atoms with E-state index in [1.165, 1.54) is 0 Å². The molecule has 0 bridgehead atoms. The Balaban J connectivity index is 1.29. The average molecular weight is 355 g/mol. The van der Waals surface area contributed by atoms with E-state index in [-0.39, 0.29) is 5.91 Å². The summed E-state index contributed by atoms with van der Waals surface area (Å²) in [7, 11) is 0. The average Bonchev–Trinajstić information content (AvgIpc) is 3.36. The number of carbonyl (C=O) groups excluding carboxylic acids is 1. The lowest BCUT2D eigenvalue weighted by atomic mass is 10.3.